The number of hydrogen-bond donors (Lipinski definition) is 1. The van der Waals surface area contributed by atoms with Crippen LogP contribution in [0.25, 0.3) is 0 Å². The van der Waals surface area contributed by atoms with Gasteiger partial charge in [0.25, 0.3) is 0 Å². The Morgan fingerprint density at radius 3 is 2.70 bits per heavy atom. The third-order valence-electron chi connectivity index (χ3n) is 3.97. The van der Waals surface area contributed by atoms with Crippen molar-refractivity contribution in [2.75, 3.05) is 0 Å². The van der Waals surface area contributed by atoms with Crippen molar-refractivity contribution < 1.29 is 12.8 Å². The molecule has 2 rings (SSSR count). The molecule has 0 bridgehead atoms. The molecule has 0 amide bonds. The van der Waals surface area contributed by atoms with Crippen molar-refractivity contribution in [3.8, 4) is 0 Å². The zero-order chi connectivity index (χ0) is 14.9. The molecule has 2 unspecified atom stereocenters. The minimum Gasteiger partial charge on any atom is -0.326 e. The predicted molar refractivity (Wildman–Crippen MR) is 76.1 cm³/mol. The summed E-state index contributed by atoms with van der Waals surface area (Å²) in [6.45, 7) is 4.02. The van der Waals surface area contributed by atoms with E-state index in [2.05, 4.69) is 0 Å². The first-order valence-corrected chi connectivity index (χ1v) is 8.37. The Morgan fingerprint density at radius 1 is 1.40 bits per heavy atom. The maximum absolute atomic E-state index is 14.0. The lowest BCUT2D eigenvalue weighted by Crippen LogP contribution is -2.40. The quantitative estimate of drug-likeness (QED) is 0.927. The van der Waals surface area contributed by atoms with Gasteiger partial charge in [-0.15, -0.1) is 0 Å². The molecule has 1 heterocycles. The molecule has 112 valence electrons. The van der Waals surface area contributed by atoms with Gasteiger partial charge < -0.3 is 5.73 Å². The molecule has 0 saturated carbocycles. The van der Waals surface area contributed by atoms with Gasteiger partial charge in [-0.2, -0.15) is 4.31 Å². The van der Waals surface area contributed by atoms with Crippen molar-refractivity contribution in [1.29, 1.82) is 0 Å². The average molecular weight is 300 g/mol. The van der Waals surface area contributed by atoms with Crippen LogP contribution in [0.4, 0.5) is 4.39 Å². The average Bonchev–Trinajstić information content (AvgIpc) is 2.81. The Kier molecular flexibility index (Phi) is 4.46. The Balaban J connectivity index is 2.49. The van der Waals surface area contributed by atoms with Gasteiger partial charge in [-0.1, -0.05) is 13.0 Å². The highest BCUT2D eigenvalue weighted by atomic mass is 32.2. The summed E-state index contributed by atoms with van der Waals surface area (Å²) in [5.74, 6) is -0.712. The Morgan fingerprint density at radius 2 is 2.10 bits per heavy atom. The van der Waals surface area contributed by atoms with E-state index in [1.165, 1.54) is 22.5 Å². The number of nitrogens with zero attached hydrogens (tertiary/aromatic N) is 1. The van der Waals surface area contributed by atoms with Crippen LogP contribution < -0.4 is 5.73 Å². The molecule has 0 radical (unpaired) electrons. The van der Waals surface area contributed by atoms with Crippen molar-refractivity contribution in [1.82, 2.24) is 4.31 Å². The van der Waals surface area contributed by atoms with Gasteiger partial charge in [0.15, 0.2) is 0 Å². The summed E-state index contributed by atoms with van der Waals surface area (Å²) >= 11 is 0. The highest BCUT2D eigenvalue weighted by Crippen LogP contribution is 2.33. The second-order valence-electron chi connectivity index (χ2n) is 5.29. The van der Waals surface area contributed by atoms with Gasteiger partial charge in [-0.25, -0.2) is 12.8 Å². The van der Waals surface area contributed by atoms with Crippen molar-refractivity contribution in [3.63, 3.8) is 0 Å². The molecule has 1 aromatic rings. The minimum atomic E-state index is -3.81. The summed E-state index contributed by atoms with van der Waals surface area (Å²) in [6, 6.07) is 3.90. The summed E-state index contributed by atoms with van der Waals surface area (Å²) in [7, 11) is -3.81. The fraction of sp³-hybridized carbons (Fsp3) is 0.571. The van der Waals surface area contributed by atoms with E-state index in [1.807, 2.05) is 13.8 Å². The molecule has 2 atom stereocenters. The summed E-state index contributed by atoms with van der Waals surface area (Å²) in [5.41, 5.74) is 6.13. The van der Waals surface area contributed by atoms with E-state index in [4.69, 9.17) is 5.73 Å². The largest absolute Gasteiger partial charge is 0.326 e. The van der Waals surface area contributed by atoms with Crippen LogP contribution in [0.5, 0.6) is 0 Å². The lowest BCUT2D eigenvalue weighted by atomic mass is 10.2. The molecule has 0 aliphatic carbocycles. The van der Waals surface area contributed by atoms with E-state index in [1.54, 1.807) is 0 Å². The number of nitrogens with two attached hydrogens (primary N) is 1. The molecule has 1 aromatic carbocycles. The lowest BCUT2D eigenvalue weighted by molar-refractivity contribution is 0.327. The van der Waals surface area contributed by atoms with Gasteiger partial charge in [-0.05, 0) is 43.9 Å². The second-order valence-corrected chi connectivity index (χ2v) is 7.10. The summed E-state index contributed by atoms with van der Waals surface area (Å²) < 4.78 is 40.9. The van der Waals surface area contributed by atoms with E-state index >= 15 is 0 Å². The number of sulfonamides is 1. The lowest BCUT2D eigenvalue weighted by Gasteiger charge is -2.27. The smallest absolute Gasteiger partial charge is 0.246 e. The number of benzene rings is 1. The van der Waals surface area contributed by atoms with E-state index in [0.29, 0.717) is 5.56 Å². The molecule has 6 heteroatoms. The van der Waals surface area contributed by atoms with Crippen LogP contribution in [0.3, 0.4) is 0 Å². The molecule has 20 heavy (non-hydrogen) atoms. The van der Waals surface area contributed by atoms with Crippen LogP contribution >= 0.6 is 0 Å². The zero-order valence-corrected chi connectivity index (χ0v) is 12.7. The third kappa shape index (κ3) is 2.60. The Bertz CT molecular complexity index is 589. The normalized spacial score (nSPS) is 24.2. The maximum Gasteiger partial charge on any atom is 0.246 e. The first kappa shape index (κ1) is 15.4. The van der Waals surface area contributed by atoms with E-state index in [-0.39, 0.29) is 23.5 Å². The molecule has 4 nitrogen and oxygen atoms in total. The summed E-state index contributed by atoms with van der Waals surface area (Å²) in [6.07, 6.45) is 2.38. The zero-order valence-electron chi connectivity index (χ0n) is 11.8. The number of hydrogen-bond acceptors (Lipinski definition) is 3. The van der Waals surface area contributed by atoms with Crippen LogP contribution in [-0.4, -0.2) is 24.8 Å². The maximum atomic E-state index is 14.0. The van der Waals surface area contributed by atoms with Gasteiger partial charge in [0.05, 0.1) is 0 Å². The SMILES string of the molecule is CCC1CCC(C)N1S(=O)(=O)c1cc(CN)ccc1F. The second kappa shape index (κ2) is 5.79. The molecular formula is C14H21FN2O2S. The number of halogens is 1. The van der Waals surface area contributed by atoms with Crippen LogP contribution in [0, 0.1) is 5.82 Å². The molecule has 0 aromatic heterocycles. The van der Waals surface area contributed by atoms with E-state index in [9.17, 15) is 12.8 Å². The minimum absolute atomic E-state index is 0.0454. The van der Waals surface area contributed by atoms with Crippen molar-refractivity contribution in [2.24, 2.45) is 5.73 Å². The molecule has 1 aliphatic rings. The van der Waals surface area contributed by atoms with Crippen LogP contribution in [0.2, 0.25) is 0 Å². The van der Waals surface area contributed by atoms with Crippen LogP contribution in [-0.2, 0) is 16.6 Å². The Labute approximate surface area is 119 Å². The highest BCUT2D eigenvalue weighted by Gasteiger charge is 2.40. The molecule has 1 fully saturated rings. The first-order chi connectivity index (χ1) is 9.41. The first-order valence-electron chi connectivity index (χ1n) is 6.93. The molecular weight excluding hydrogens is 279 g/mol. The fourth-order valence-corrected chi connectivity index (χ4v) is 4.92. The standard InChI is InChI=1S/C14H21FN2O2S/c1-3-12-6-4-10(2)17(12)20(18,19)14-8-11(9-16)5-7-13(14)15/h5,7-8,10,12H,3-4,6,9,16H2,1-2H3. The monoisotopic (exact) mass is 300 g/mol. The third-order valence-corrected chi connectivity index (χ3v) is 6.05. The predicted octanol–water partition coefficient (Wildman–Crippen LogP) is 2.24. The highest BCUT2D eigenvalue weighted by molar-refractivity contribution is 7.89. The molecule has 2 N–H and O–H groups in total. The van der Waals surface area contributed by atoms with Gasteiger partial charge >= 0.3 is 0 Å². The van der Waals surface area contributed by atoms with Gasteiger partial charge in [0.1, 0.15) is 10.7 Å². The molecule has 1 aliphatic heterocycles. The van der Waals surface area contributed by atoms with E-state index in [0.717, 1.165) is 19.3 Å². The van der Waals surface area contributed by atoms with Gasteiger partial charge in [0.2, 0.25) is 10.0 Å². The van der Waals surface area contributed by atoms with Crippen LogP contribution in [0.1, 0.15) is 38.7 Å². The number of rotatable bonds is 4. The van der Waals surface area contributed by atoms with Gasteiger partial charge in [-0.3, -0.25) is 0 Å². The summed E-state index contributed by atoms with van der Waals surface area (Å²) in [4.78, 5) is -0.257. The van der Waals surface area contributed by atoms with Gasteiger partial charge in [0, 0.05) is 18.6 Å². The molecule has 0 spiro atoms. The van der Waals surface area contributed by atoms with Crippen LogP contribution in [0.15, 0.2) is 23.1 Å². The topological polar surface area (TPSA) is 63.4 Å². The van der Waals surface area contributed by atoms with E-state index < -0.39 is 15.8 Å². The van der Waals surface area contributed by atoms with Crippen molar-refractivity contribution >= 4 is 10.0 Å². The molecule has 1 saturated heterocycles. The summed E-state index contributed by atoms with van der Waals surface area (Å²) in [5, 5.41) is 0. The van der Waals surface area contributed by atoms with Crippen molar-refractivity contribution in [2.45, 2.75) is 56.6 Å². The fourth-order valence-electron chi connectivity index (χ4n) is 2.85. The Hall–Kier alpha value is -0.980. The van der Waals surface area contributed by atoms with Crippen molar-refractivity contribution in [3.05, 3.63) is 29.6 Å².